The summed E-state index contributed by atoms with van der Waals surface area (Å²) in [6, 6.07) is 4.90. The summed E-state index contributed by atoms with van der Waals surface area (Å²) in [5.74, 6) is 8.25. The standard InChI is InChI=1S/C18H23FN6OS/c1-11-7-8-12(10-13(11)19)15-21-14(26-24-15)6-5-9-27-17-23-22-16(25(17)20)18(2,3)4/h7-8,10H,5-6,9,20H2,1-4H3. The summed E-state index contributed by atoms with van der Waals surface area (Å²) in [6.45, 7) is 7.84. The van der Waals surface area contributed by atoms with E-state index in [1.807, 2.05) is 20.8 Å². The van der Waals surface area contributed by atoms with Crippen molar-refractivity contribution in [3.63, 3.8) is 0 Å². The zero-order valence-corrected chi connectivity index (χ0v) is 16.7. The van der Waals surface area contributed by atoms with E-state index in [1.165, 1.54) is 17.8 Å². The van der Waals surface area contributed by atoms with Crippen molar-refractivity contribution in [1.82, 2.24) is 25.0 Å². The molecule has 3 aromatic rings. The molecule has 0 unspecified atom stereocenters. The first-order valence-electron chi connectivity index (χ1n) is 8.68. The van der Waals surface area contributed by atoms with Crippen LogP contribution in [-0.2, 0) is 11.8 Å². The molecule has 0 fully saturated rings. The highest BCUT2D eigenvalue weighted by molar-refractivity contribution is 7.99. The summed E-state index contributed by atoms with van der Waals surface area (Å²) < 4.78 is 20.5. The number of hydrogen-bond acceptors (Lipinski definition) is 7. The molecule has 2 N–H and O–H groups in total. The van der Waals surface area contributed by atoms with Crippen LogP contribution in [0.2, 0.25) is 0 Å². The summed E-state index contributed by atoms with van der Waals surface area (Å²) in [4.78, 5) is 4.34. The molecule has 9 heteroatoms. The predicted molar refractivity (Wildman–Crippen MR) is 102 cm³/mol. The molecule has 0 amide bonds. The number of halogens is 1. The summed E-state index contributed by atoms with van der Waals surface area (Å²) in [5, 5.41) is 12.9. The second-order valence-electron chi connectivity index (χ2n) is 7.35. The van der Waals surface area contributed by atoms with Crippen molar-refractivity contribution in [2.75, 3.05) is 11.6 Å². The number of benzene rings is 1. The fraction of sp³-hybridized carbons (Fsp3) is 0.444. The second-order valence-corrected chi connectivity index (χ2v) is 8.42. The molecule has 0 saturated carbocycles. The van der Waals surface area contributed by atoms with Gasteiger partial charge in [-0.15, -0.1) is 10.2 Å². The van der Waals surface area contributed by atoms with Crippen LogP contribution in [0.5, 0.6) is 0 Å². The van der Waals surface area contributed by atoms with E-state index >= 15 is 0 Å². The van der Waals surface area contributed by atoms with Crippen molar-refractivity contribution in [2.45, 2.75) is 51.1 Å². The van der Waals surface area contributed by atoms with Crippen LogP contribution in [0.1, 0.15) is 44.5 Å². The number of thioether (sulfide) groups is 1. The highest BCUT2D eigenvalue weighted by Gasteiger charge is 2.22. The fourth-order valence-corrected chi connectivity index (χ4v) is 3.27. The molecule has 144 valence electrons. The van der Waals surface area contributed by atoms with Gasteiger partial charge in [0.25, 0.3) is 0 Å². The Hall–Kier alpha value is -2.42. The molecule has 2 aromatic heterocycles. The Morgan fingerprint density at radius 2 is 2.04 bits per heavy atom. The lowest BCUT2D eigenvalue weighted by Gasteiger charge is -2.16. The van der Waals surface area contributed by atoms with Gasteiger partial charge in [0.05, 0.1) is 0 Å². The lowest BCUT2D eigenvalue weighted by molar-refractivity contribution is 0.378. The van der Waals surface area contributed by atoms with Crippen LogP contribution < -0.4 is 5.84 Å². The largest absolute Gasteiger partial charge is 0.339 e. The first-order valence-corrected chi connectivity index (χ1v) is 9.67. The molecule has 0 atom stereocenters. The van der Waals surface area contributed by atoms with Crippen molar-refractivity contribution >= 4 is 11.8 Å². The molecule has 2 heterocycles. The van der Waals surface area contributed by atoms with Crippen LogP contribution in [0.4, 0.5) is 4.39 Å². The minimum absolute atomic E-state index is 0.157. The average molecular weight is 390 g/mol. The number of nitrogen functional groups attached to an aromatic ring is 1. The van der Waals surface area contributed by atoms with E-state index in [9.17, 15) is 4.39 Å². The molecule has 0 radical (unpaired) electrons. The zero-order chi connectivity index (χ0) is 19.6. The van der Waals surface area contributed by atoms with Crippen LogP contribution in [-0.4, -0.2) is 30.8 Å². The molecule has 0 aliphatic heterocycles. The molecular formula is C18H23FN6OS. The maximum Gasteiger partial charge on any atom is 0.226 e. The number of nitrogens with zero attached hydrogens (tertiary/aromatic N) is 5. The van der Waals surface area contributed by atoms with Crippen molar-refractivity contribution in [2.24, 2.45) is 0 Å². The maximum atomic E-state index is 13.7. The smallest absolute Gasteiger partial charge is 0.226 e. The second kappa shape index (κ2) is 7.67. The van der Waals surface area contributed by atoms with Gasteiger partial charge in [0.15, 0.2) is 5.82 Å². The quantitative estimate of drug-likeness (QED) is 0.391. The van der Waals surface area contributed by atoms with Gasteiger partial charge in [0.1, 0.15) is 5.82 Å². The van der Waals surface area contributed by atoms with Crippen molar-refractivity contribution in [3.05, 3.63) is 41.3 Å². The van der Waals surface area contributed by atoms with Crippen LogP contribution in [0, 0.1) is 12.7 Å². The van der Waals surface area contributed by atoms with E-state index in [1.54, 1.807) is 23.7 Å². The monoisotopic (exact) mass is 390 g/mol. The molecule has 0 bridgehead atoms. The average Bonchev–Trinajstić information content (AvgIpc) is 3.21. The van der Waals surface area contributed by atoms with Gasteiger partial charge in [-0.2, -0.15) is 4.98 Å². The Morgan fingerprint density at radius 1 is 1.26 bits per heavy atom. The van der Waals surface area contributed by atoms with Crippen LogP contribution in [0.25, 0.3) is 11.4 Å². The van der Waals surface area contributed by atoms with E-state index < -0.39 is 0 Å². The van der Waals surface area contributed by atoms with Gasteiger partial charge in [-0.25, -0.2) is 9.07 Å². The molecule has 0 aliphatic carbocycles. The summed E-state index contributed by atoms with van der Waals surface area (Å²) in [6.07, 6.45) is 1.44. The molecule has 0 aliphatic rings. The Balaban J connectivity index is 1.54. The number of aryl methyl sites for hydroxylation is 2. The molecule has 1 aromatic carbocycles. The molecule has 27 heavy (non-hydrogen) atoms. The van der Waals surface area contributed by atoms with Gasteiger partial charge in [-0.1, -0.05) is 49.8 Å². The molecule has 0 saturated heterocycles. The summed E-state index contributed by atoms with van der Waals surface area (Å²) in [7, 11) is 0. The van der Waals surface area contributed by atoms with Crippen molar-refractivity contribution in [3.8, 4) is 11.4 Å². The summed E-state index contributed by atoms with van der Waals surface area (Å²) in [5.41, 5.74) is 1.03. The molecule has 0 spiro atoms. The van der Waals surface area contributed by atoms with Crippen LogP contribution in [0.3, 0.4) is 0 Å². The van der Waals surface area contributed by atoms with Crippen LogP contribution in [0.15, 0.2) is 27.9 Å². The van der Waals surface area contributed by atoms with E-state index in [-0.39, 0.29) is 11.2 Å². The fourth-order valence-electron chi connectivity index (χ4n) is 2.48. The molecule has 7 nitrogen and oxygen atoms in total. The first-order chi connectivity index (χ1) is 12.8. The number of hydrogen-bond donors (Lipinski definition) is 1. The number of nitrogens with two attached hydrogens (primary N) is 1. The van der Waals surface area contributed by atoms with Gasteiger partial charge in [-0.05, 0) is 25.0 Å². The molecular weight excluding hydrogens is 367 g/mol. The van der Waals surface area contributed by atoms with E-state index in [0.29, 0.717) is 34.4 Å². The van der Waals surface area contributed by atoms with E-state index in [0.717, 1.165) is 18.0 Å². The third kappa shape index (κ3) is 4.47. The highest BCUT2D eigenvalue weighted by Crippen LogP contribution is 2.24. The predicted octanol–water partition coefficient (Wildman–Crippen LogP) is 3.51. The van der Waals surface area contributed by atoms with Crippen LogP contribution >= 0.6 is 11.8 Å². The van der Waals surface area contributed by atoms with Crippen molar-refractivity contribution < 1.29 is 8.91 Å². The minimum atomic E-state index is -0.282. The number of rotatable bonds is 6. The Morgan fingerprint density at radius 3 is 2.70 bits per heavy atom. The maximum absolute atomic E-state index is 13.7. The number of aromatic nitrogens is 5. The normalized spacial score (nSPS) is 11.9. The zero-order valence-electron chi connectivity index (χ0n) is 15.9. The van der Waals surface area contributed by atoms with Gasteiger partial charge in [0, 0.05) is 23.2 Å². The third-order valence-corrected chi connectivity index (χ3v) is 5.03. The lowest BCUT2D eigenvalue weighted by atomic mass is 9.96. The van der Waals surface area contributed by atoms with Gasteiger partial charge >= 0.3 is 0 Å². The summed E-state index contributed by atoms with van der Waals surface area (Å²) >= 11 is 1.53. The minimum Gasteiger partial charge on any atom is -0.339 e. The third-order valence-electron chi connectivity index (χ3n) is 4.00. The Bertz CT molecular complexity index is 930. The van der Waals surface area contributed by atoms with Gasteiger partial charge in [-0.3, -0.25) is 0 Å². The van der Waals surface area contributed by atoms with Gasteiger partial charge < -0.3 is 10.4 Å². The van der Waals surface area contributed by atoms with Gasteiger partial charge in [0.2, 0.25) is 16.9 Å². The Kier molecular flexibility index (Phi) is 5.50. The van der Waals surface area contributed by atoms with Crippen molar-refractivity contribution in [1.29, 1.82) is 0 Å². The van der Waals surface area contributed by atoms with E-state index in [4.69, 9.17) is 10.4 Å². The molecule has 3 rings (SSSR count). The van der Waals surface area contributed by atoms with E-state index in [2.05, 4.69) is 20.3 Å². The Labute approximate surface area is 161 Å². The topological polar surface area (TPSA) is 95.7 Å². The lowest BCUT2D eigenvalue weighted by Crippen LogP contribution is -2.24. The highest BCUT2D eigenvalue weighted by atomic mass is 32.2. The SMILES string of the molecule is Cc1ccc(-c2noc(CCCSc3nnc(C(C)(C)C)n3N)n2)cc1F. The first kappa shape index (κ1) is 19.3.